The van der Waals surface area contributed by atoms with E-state index in [9.17, 15) is 0 Å². The van der Waals surface area contributed by atoms with Gasteiger partial charge in [0.05, 0.1) is 14.2 Å². The summed E-state index contributed by atoms with van der Waals surface area (Å²) in [4.78, 5) is 0. The summed E-state index contributed by atoms with van der Waals surface area (Å²) in [7, 11) is 3.58. The monoisotopic (exact) mass is 232 g/mol. The van der Waals surface area contributed by atoms with Crippen LogP contribution in [0.2, 0.25) is 0 Å². The predicted molar refractivity (Wildman–Crippen MR) is 68.4 cm³/mol. The van der Waals surface area contributed by atoms with Crippen LogP contribution in [0.3, 0.4) is 0 Å². The zero-order valence-corrected chi connectivity index (χ0v) is 11.1. The van der Waals surface area contributed by atoms with Gasteiger partial charge in [-0.1, -0.05) is 0 Å². The molecule has 2 unspecified atom stereocenters. The van der Waals surface area contributed by atoms with Gasteiger partial charge >= 0.3 is 0 Å². The molecule has 2 nitrogen and oxygen atoms in total. The fourth-order valence-corrected chi connectivity index (χ4v) is 3.83. The van der Waals surface area contributed by atoms with Crippen LogP contribution in [0.4, 0.5) is 0 Å². The quantitative estimate of drug-likeness (QED) is 0.774. The van der Waals surface area contributed by atoms with Crippen LogP contribution in [0, 0.1) is 13.8 Å². The molecule has 0 heterocycles. The van der Waals surface area contributed by atoms with Crippen LogP contribution in [0.15, 0.2) is 0 Å². The Morgan fingerprint density at radius 1 is 0.824 bits per heavy atom. The Hall–Kier alpha value is -1.18. The molecule has 0 aromatic heterocycles. The standard InChI is InChI=1S/C15H20O2/c1-8-9(2)15(17-4)13-11-6-5-10(7-11)12(13)14(8)16-3/h10-11H,5-7H2,1-4H3. The van der Waals surface area contributed by atoms with E-state index < -0.39 is 0 Å². The number of benzene rings is 1. The Morgan fingerprint density at radius 3 is 1.59 bits per heavy atom. The minimum Gasteiger partial charge on any atom is -0.496 e. The Balaban J connectivity index is 2.33. The normalized spacial score (nSPS) is 24.9. The molecular formula is C15H20O2. The molecule has 2 aliphatic rings. The van der Waals surface area contributed by atoms with Gasteiger partial charge in [-0.3, -0.25) is 0 Å². The maximum atomic E-state index is 5.67. The van der Waals surface area contributed by atoms with Crippen molar-refractivity contribution in [2.24, 2.45) is 0 Å². The van der Waals surface area contributed by atoms with Crippen molar-refractivity contribution in [3.8, 4) is 11.5 Å². The molecule has 2 aliphatic carbocycles. The summed E-state index contributed by atoms with van der Waals surface area (Å²) < 4.78 is 11.3. The van der Waals surface area contributed by atoms with Gasteiger partial charge < -0.3 is 9.47 Å². The highest BCUT2D eigenvalue weighted by Crippen LogP contribution is 2.60. The highest BCUT2D eigenvalue weighted by molar-refractivity contribution is 5.63. The lowest BCUT2D eigenvalue weighted by Crippen LogP contribution is -2.07. The lowest BCUT2D eigenvalue weighted by Gasteiger charge is -2.24. The molecule has 0 radical (unpaired) electrons. The first-order valence-corrected chi connectivity index (χ1v) is 6.44. The first-order valence-electron chi connectivity index (χ1n) is 6.44. The Bertz CT molecular complexity index is 434. The molecule has 0 amide bonds. The van der Waals surface area contributed by atoms with Crippen LogP contribution in [-0.4, -0.2) is 14.2 Å². The van der Waals surface area contributed by atoms with Crippen LogP contribution in [0.25, 0.3) is 0 Å². The van der Waals surface area contributed by atoms with Crippen LogP contribution in [-0.2, 0) is 0 Å². The molecule has 1 saturated carbocycles. The number of ether oxygens (including phenoxy) is 2. The third-order valence-electron chi connectivity index (χ3n) is 4.68. The van der Waals surface area contributed by atoms with Crippen LogP contribution in [0.1, 0.15) is 53.4 Å². The highest BCUT2D eigenvalue weighted by Gasteiger charge is 2.42. The minimum absolute atomic E-state index is 0.707. The second kappa shape index (κ2) is 3.66. The summed E-state index contributed by atoms with van der Waals surface area (Å²) in [6, 6.07) is 0. The van der Waals surface area contributed by atoms with Crippen LogP contribution in [0.5, 0.6) is 11.5 Å². The predicted octanol–water partition coefficient (Wildman–Crippen LogP) is 3.69. The van der Waals surface area contributed by atoms with E-state index in [1.54, 1.807) is 14.2 Å². The highest BCUT2D eigenvalue weighted by atomic mass is 16.5. The Kier molecular flexibility index (Phi) is 2.35. The third kappa shape index (κ3) is 1.27. The Morgan fingerprint density at radius 2 is 1.24 bits per heavy atom. The van der Waals surface area contributed by atoms with Crippen molar-refractivity contribution in [1.29, 1.82) is 0 Å². The molecule has 1 aromatic rings. The van der Waals surface area contributed by atoms with Gasteiger partial charge in [0.2, 0.25) is 0 Å². The average Bonchev–Trinajstić information content (AvgIpc) is 2.92. The zero-order chi connectivity index (χ0) is 12.2. The van der Waals surface area contributed by atoms with Crippen molar-refractivity contribution < 1.29 is 9.47 Å². The van der Waals surface area contributed by atoms with Crippen molar-refractivity contribution in [2.75, 3.05) is 14.2 Å². The van der Waals surface area contributed by atoms with Crippen molar-refractivity contribution in [3.05, 3.63) is 22.3 Å². The van der Waals surface area contributed by atoms with Gasteiger partial charge in [0.1, 0.15) is 11.5 Å². The van der Waals surface area contributed by atoms with E-state index in [4.69, 9.17) is 9.47 Å². The SMILES string of the molecule is COc1c(C)c(C)c(OC)c2c1C1CCC2C1. The fourth-order valence-electron chi connectivity index (χ4n) is 3.83. The second-order valence-corrected chi connectivity index (χ2v) is 5.35. The summed E-state index contributed by atoms with van der Waals surface area (Å²) in [6.45, 7) is 4.28. The number of methoxy groups -OCH3 is 2. The van der Waals surface area contributed by atoms with Gasteiger partial charge in [-0.25, -0.2) is 0 Å². The molecule has 92 valence electrons. The van der Waals surface area contributed by atoms with Gasteiger partial charge in [0, 0.05) is 11.1 Å². The summed E-state index contributed by atoms with van der Waals surface area (Å²) in [5.74, 6) is 3.65. The third-order valence-corrected chi connectivity index (χ3v) is 4.68. The van der Waals surface area contributed by atoms with E-state index in [1.807, 2.05) is 0 Å². The van der Waals surface area contributed by atoms with Gasteiger partial charge in [0.25, 0.3) is 0 Å². The lowest BCUT2D eigenvalue weighted by molar-refractivity contribution is 0.386. The smallest absolute Gasteiger partial charge is 0.126 e. The maximum absolute atomic E-state index is 5.67. The van der Waals surface area contributed by atoms with Gasteiger partial charge in [0.15, 0.2) is 0 Å². The number of hydrogen-bond donors (Lipinski definition) is 0. The van der Waals surface area contributed by atoms with Gasteiger partial charge in [-0.15, -0.1) is 0 Å². The van der Waals surface area contributed by atoms with Gasteiger partial charge in [-0.05, 0) is 56.1 Å². The molecule has 0 N–H and O–H groups in total. The van der Waals surface area contributed by atoms with E-state index in [-0.39, 0.29) is 0 Å². The number of rotatable bonds is 2. The number of hydrogen-bond acceptors (Lipinski definition) is 2. The lowest BCUT2D eigenvalue weighted by atomic mass is 9.86. The molecular weight excluding hydrogens is 212 g/mol. The summed E-state index contributed by atoms with van der Waals surface area (Å²) in [5, 5.41) is 0. The number of fused-ring (bicyclic) bond motifs is 5. The van der Waals surface area contributed by atoms with Crippen LogP contribution < -0.4 is 9.47 Å². The fraction of sp³-hybridized carbons (Fsp3) is 0.600. The molecule has 3 rings (SSSR count). The minimum atomic E-state index is 0.707. The van der Waals surface area contributed by atoms with E-state index in [1.165, 1.54) is 41.5 Å². The topological polar surface area (TPSA) is 18.5 Å². The average molecular weight is 232 g/mol. The molecule has 2 bridgehead atoms. The van der Waals surface area contributed by atoms with Crippen molar-refractivity contribution >= 4 is 0 Å². The largest absolute Gasteiger partial charge is 0.496 e. The van der Waals surface area contributed by atoms with Crippen molar-refractivity contribution in [2.45, 2.75) is 44.9 Å². The second-order valence-electron chi connectivity index (χ2n) is 5.35. The zero-order valence-electron chi connectivity index (χ0n) is 11.1. The molecule has 1 fully saturated rings. The molecule has 0 spiro atoms. The molecule has 0 saturated heterocycles. The molecule has 1 aromatic carbocycles. The van der Waals surface area contributed by atoms with Crippen molar-refractivity contribution in [1.82, 2.24) is 0 Å². The first kappa shape index (κ1) is 10.9. The van der Waals surface area contributed by atoms with Gasteiger partial charge in [-0.2, -0.15) is 0 Å². The van der Waals surface area contributed by atoms with Crippen molar-refractivity contribution in [3.63, 3.8) is 0 Å². The molecule has 0 aliphatic heterocycles. The molecule has 2 heteroatoms. The molecule has 2 atom stereocenters. The Labute approximate surface area is 103 Å². The van der Waals surface area contributed by atoms with E-state index in [2.05, 4.69) is 13.8 Å². The summed E-state index contributed by atoms with van der Waals surface area (Å²) >= 11 is 0. The molecule has 17 heavy (non-hydrogen) atoms. The van der Waals surface area contributed by atoms with E-state index in [0.29, 0.717) is 11.8 Å². The summed E-state index contributed by atoms with van der Waals surface area (Å²) in [5.41, 5.74) is 5.39. The first-order chi connectivity index (χ1) is 8.19. The van der Waals surface area contributed by atoms with E-state index in [0.717, 1.165) is 11.5 Å². The van der Waals surface area contributed by atoms with Crippen LogP contribution >= 0.6 is 0 Å². The summed E-state index contributed by atoms with van der Waals surface area (Å²) in [6.07, 6.45) is 3.93. The maximum Gasteiger partial charge on any atom is 0.126 e. The van der Waals surface area contributed by atoms with E-state index >= 15 is 0 Å².